The highest BCUT2D eigenvalue weighted by molar-refractivity contribution is 9.10. The third-order valence-corrected chi connectivity index (χ3v) is 4.32. The second-order valence-corrected chi connectivity index (χ2v) is 6.03. The molecule has 0 aliphatic heterocycles. The van der Waals surface area contributed by atoms with E-state index in [1.54, 1.807) is 0 Å². The molecule has 0 spiro atoms. The van der Waals surface area contributed by atoms with Crippen molar-refractivity contribution in [2.24, 2.45) is 5.73 Å². The van der Waals surface area contributed by atoms with Crippen molar-refractivity contribution in [3.05, 3.63) is 28.2 Å². The van der Waals surface area contributed by atoms with Gasteiger partial charge in [-0.1, -0.05) is 15.9 Å². The molecule has 1 saturated carbocycles. The highest BCUT2D eigenvalue weighted by atomic mass is 79.9. The molecule has 2 rings (SSSR count). The van der Waals surface area contributed by atoms with Crippen LogP contribution in [0.25, 0.3) is 0 Å². The first kappa shape index (κ1) is 12.9. The molecule has 17 heavy (non-hydrogen) atoms. The van der Waals surface area contributed by atoms with Gasteiger partial charge in [0.05, 0.1) is 0 Å². The Balaban J connectivity index is 2.11. The molecule has 0 atom stereocenters. The first-order valence-corrected chi connectivity index (χ1v) is 7.12. The van der Waals surface area contributed by atoms with Gasteiger partial charge in [0.25, 0.3) is 0 Å². The lowest BCUT2D eigenvalue weighted by Crippen LogP contribution is -2.39. The zero-order valence-corrected chi connectivity index (χ0v) is 12.2. The number of aryl methyl sites for hydroxylation is 1. The summed E-state index contributed by atoms with van der Waals surface area (Å²) < 4.78 is 1.15. The molecule has 0 bridgehead atoms. The van der Waals surface area contributed by atoms with E-state index in [-0.39, 0.29) is 0 Å². The fourth-order valence-corrected chi connectivity index (χ4v) is 3.18. The molecule has 2 nitrogen and oxygen atoms in total. The third kappa shape index (κ3) is 3.02. The van der Waals surface area contributed by atoms with Crippen LogP contribution in [0.15, 0.2) is 22.7 Å². The van der Waals surface area contributed by atoms with Crippen molar-refractivity contribution in [1.82, 2.24) is 0 Å². The first-order valence-electron chi connectivity index (χ1n) is 6.32. The van der Waals surface area contributed by atoms with Crippen LogP contribution in [0.3, 0.4) is 0 Å². The number of halogens is 1. The summed E-state index contributed by atoms with van der Waals surface area (Å²) in [7, 11) is 2.21. The van der Waals surface area contributed by atoms with E-state index < -0.39 is 0 Å². The minimum atomic E-state index is 0.422. The molecule has 1 aliphatic carbocycles. The molecule has 1 aliphatic rings. The van der Waals surface area contributed by atoms with Gasteiger partial charge in [-0.05, 0) is 56.4 Å². The van der Waals surface area contributed by atoms with Gasteiger partial charge >= 0.3 is 0 Å². The Morgan fingerprint density at radius 2 is 1.88 bits per heavy atom. The Hall–Kier alpha value is -0.540. The van der Waals surface area contributed by atoms with Crippen LogP contribution < -0.4 is 10.6 Å². The summed E-state index contributed by atoms with van der Waals surface area (Å²) >= 11 is 3.51. The number of rotatable bonds is 2. The van der Waals surface area contributed by atoms with Gasteiger partial charge in [0.1, 0.15) is 0 Å². The van der Waals surface area contributed by atoms with Gasteiger partial charge in [-0.3, -0.25) is 0 Å². The van der Waals surface area contributed by atoms with Gasteiger partial charge in [-0.15, -0.1) is 0 Å². The van der Waals surface area contributed by atoms with Crippen LogP contribution in [0, 0.1) is 6.92 Å². The van der Waals surface area contributed by atoms with Crippen molar-refractivity contribution in [2.45, 2.75) is 44.7 Å². The van der Waals surface area contributed by atoms with Crippen LogP contribution in [0.2, 0.25) is 0 Å². The molecular formula is C14H21BrN2. The van der Waals surface area contributed by atoms with E-state index in [2.05, 4.69) is 53.0 Å². The van der Waals surface area contributed by atoms with Gasteiger partial charge in [0.2, 0.25) is 0 Å². The Kier molecular flexibility index (Phi) is 4.10. The van der Waals surface area contributed by atoms with E-state index in [0.29, 0.717) is 12.1 Å². The zero-order valence-electron chi connectivity index (χ0n) is 10.6. The zero-order chi connectivity index (χ0) is 12.4. The second-order valence-electron chi connectivity index (χ2n) is 5.11. The molecular weight excluding hydrogens is 276 g/mol. The highest BCUT2D eigenvalue weighted by Gasteiger charge is 2.22. The van der Waals surface area contributed by atoms with E-state index in [4.69, 9.17) is 5.73 Å². The monoisotopic (exact) mass is 296 g/mol. The molecule has 0 aromatic heterocycles. The Bertz CT molecular complexity index is 384. The summed E-state index contributed by atoms with van der Waals surface area (Å²) in [6.07, 6.45) is 4.75. The summed E-state index contributed by atoms with van der Waals surface area (Å²) in [4.78, 5) is 2.42. The standard InChI is InChI=1S/C14H21BrN2/c1-10-9-11(15)3-8-14(10)17(2)13-6-4-12(16)5-7-13/h3,8-9,12-13H,4-7,16H2,1-2H3. The third-order valence-electron chi connectivity index (χ3n) is 3.83. The van der Waals surface area contributed by atoms with Gasteiger partial charge in [0, 0.05) is 29.3 Å². The number of hydrogen-bond donors (Lipinski definition) is 1. The molecule has 0 amide bonds. The molecule has 0 radical (unpaired) electrons. The summed E-state index contributed by atoms with van der Waals surface area (Å²) in [6.45, 7) is 2.17. The molecule has 0 heterocycles. The fourth-order valence-electron chi connectivity index (χ4n) is 2.70. The Morgan fingerprint density at radius 3 is 2.47 bits per heavy atom. The average molecular weight is 297 g/mol. The lowest BCUT2D eigenvalue weighted by molar-refractivity contribution is 0.385. The quantitative estimate of drug-likeness (QED) is 0.905. The minimum absolute atomic E-state index is 0.422. The van der Waals surface area contributed by atoms with Gasteiger partial charge < -0.3 is 10.6 Å². The van der Waals surface area contributed by atoms with Crippen molar-refractivity contribution in [3.63, 3.8) is 0 Å². The maximum atomic E-state index is 5.96. The topological polar surface area (TPSA) is 29.3 Å². The van der Waals surface area contributed by atoms with Crippen LogP contribution in [0.1, 0.15) is 31.2 Å². The summed E-state index contributed by atoms with van der Waals surface area (Å²) in [5, 5.41) is 0. The number of nitrogens with zero attached hydrogens (tertiary/aromatic N) is 1. The molecule has 1 aromatic rings. The van der Waals surface area contributed by atoms with Crippen LogP contribution in [0.4, 0.5) is 5.69 Å². The van der Waals surface area contributed by atoms with E-state index in [1.165, 1.54) is 24.1 Å². The number of nitrogens with two attached hydrogens (primary N) is 1. The van der Waals surface area contributed by atoms with Crippen molar-refractivity contribution < 1.29 is 0 Å². The Labute approximate surface area is 112 Å². The molecule has 1 aromatic carbocycles. The lowest BCUT2D eigenvalue weighted by Gasteiger charge is -2.35. The average Bonchev–Trinajstić information content (AvgIpc) is 2.29. The molecule has 2 N–H and O–H groups in total. The van der Waals surface area contributed by atoms with Crippen molar-refractivity contribution in [1.29, 1.82) is 0 Å². The molecule has 94 valence electrons. The smallest absolute Gasteiger partial charge is 0.0396 e. The summed E-state index contributed by atoms with van der Waals surface area (Å²) in [5.41, 5.74) is 8.63. The molecule has 3 heteroatoms. The fraction of sp³-hybridized carbons (Fsp3) is 0.571. The summed E-state index contributed by atoms with van der Waals surface area (Å²) in [6, 6.07) is 7.57. The Morgan fingerprint density at radius 1 is 1.24 bits per heavy atom. The number of hydrogen-bond acceptors (Lipinski definition) is 2. The SMILES string of the molecule is Cc1cc(Br)ccc1N(C)C1CCC(N)CC1. The van der Waals surface area contributed by atoms with Crippen molar-refractivity contribution in [3.8, 4) is 0 Å². The maximum absolute atomic E-state index is 5.96. The molecule has 0 saturated heterocycles. The maximum Gasteiger partial charge on any atom is 0.0396 e. The van der Waals surface area contributed by atoms with E-state index in [1.807, 2.05) is 0 Å². The predicted octanol–water partition coefficient (Wildman–Crippen LogP) is 3.46. The highest BCUT2D eigenvalue weighted by Crippen LogP contribution is 2.29. The second kappa shape index (κ2) is 5.40. The van der Waals surface area contributed by atoms with Gasteiger partial charge in [-0.25, -0.2) is 0 Å². The largest absolute Gasteiger partial charge is 0.371 e. The molecule has 0 unspecified atom stereocenters. The normalized spacial score (nSPS) is 24.7. The first-order chi connectivity index (χ1) is 8.08. The minimum Gasteiger partial charge on any atom is -0.371 e. The van der Waals surface area contributed by atoms with E-state index in [0.717, 1.165) is 17.3 Å². The van der Waals surface area contributed by atoms with Crippen LogP contribution in [-0.2, 0) is 0 Å². The van der Waals surface area contributed by atoms with Crippen molar-refractivity contribution in [2.75, 3.05) is 11.9 Å². The number of anilines is 1. The van der Waals surface area contributed by atoms with Crippen LogP contribution in [0.5, 0.6) is 0 Å². The van der Waals surface area contributed by atoms with Crippen LogP contribution >= 0.6 is 15.9 Å². The van der Waals surface area contributed by atoms with Gasteiger partial charge in [-0.2, -0.15) is 0 Å². The van der Waals surface area contributed by atoms with E-state index >= 15 is 0 Å². The van der Waals surface area contributed by atoms with Crippen molar-refractivity contribution >= 4 is 21.6 Å². The number of benzene rings is 1. The van der Waals surface area contributed by atoms with Gasteiger partial charge in [0.15, 0.2) is 0 Å². The predicted molar refractivity (Wildman–Crippen MR) is 77.5 cm³/mol. The summed E-state index contributed by atoms with van der Waals surface area (Å²) in [5.74, 6) is 0. The van der Waals surface area contributed by atoms with E-state index in [9.17, 15) is 0 Å². The lowest BCUT2D eigenvalue weighted by atomic mass is 9.90. The molecule has 1 fully saturated rings. The van der Waals surface area contributed by atoms with Crippen LogP contribution in [-0.4, -0.2) is 19.1 Å².